The number of likely N-dealkylation sites (tertiary alicyclic amines) is 1. The van der Waals surface area contributed by atoms with Crippen molar-refractivity contribution in [1.82, 2.24) is 30.1 Å². The predicted molar refractivity (Wildman–Crippen MR) is 236 cm³/mol. The summed E-state index contributed by atoms with van der Waals surface area (Å²) in [6.45, 7) is 10.6. The van der Waals surface area contributed by atoms with E-state index in [9.17, 15) is 22.8 Å². The first-order chi connectivity index (χ1) is 30.8. The third-order valence-corrected chi connectivity index (χ3v) is 20.9. The quantitative estimate of drug-likeness (QED) is 0.137. The van der Waals surface area contributed by atoms with Crippen LogP contribution >= 0.6 is 0 Å². The molecule has 6 fully saturated rings. The van der Waals surface area contributed by atoms with E-state index in [1.807, 2.05) is 24.3 Å². The Morgan fingerprint density at radius 1 is 1.00 bits per heavy atom. The fourth-order valence-electron chi connectivity index (χ4n) is 10.3. The summed E-state index contributed by atoms with van der Waals surface area (Å²) < 4.78 is 45.8. The summed E-state index contributed by atoms with van der Waals surface area (Å²) >= 11 is -1.06. The third kappa shape index (κ3) is 9.45. The van der Waals surface area contributed by atoms with Crippen LogP contribution in [0.15, 0.2) is 36.9 Å². The Bertz CT molecular complexity index is 2250. The number of hydrogen-bond acceptors (Lipinski definition) is 11. The van der Waals surface area contributed by atoms with E-state index in [4.69, 9.17) is 19.2 Å². The van der Waals surface area contributed by atoms with Crippen molar-refractivity contribution >= 4 is 44.7 Å². The van der Waals surface area contributed by atoms with Crippen molar-refractivity contribution in [2.24, 2.45) is 11.8 Å². The minimum absolute atomic E-state index is 0.0209. The fourth-order valence-corrected chi connectivity index (χ4v) is 14.4. The molecular formula is C47H64IN6O9S-. The summed E-state index contributed by atoms with van der Waals surface area (Å²) in [6.07, 6.45) is 12.4. The van der Waals surface area contributed by atoms with Crippen LogP contribution in [0.5, 0.6) is 11.6 Å². The van der Waals surface area contributed by atoms with Crippen molar-refractivity contribution < 1.29 is 63.0 Å². The number of para-hydroxylation sites is 1. The number of hydrogen-bond donors (Lipinski definition) is 3. The molecule has 9 rings (SSSR count). The first kappa shape index (κ1) is 45.4. The van der Waals surface area contributed by atoms with Crippen LogP contribution in [0, 0.1) is 11.8 Å². The number of ether oxygens (including phenoxy) is 3. The van der Waals surface area contributed by atoms with Gasteiger partial charge in [-0.15, -0.1) is 0 Å². The van der Waals surface area contributed by atoms with Crippen molar-refractivity contribution in [2.75, 3.05) is 26.2 Å². The molecule has 3 aliphatic carbocycles. The Kier molecular flexibility index (Phi) is 13.2. The molecule has 7 atom stereocenters. The maximum atomic E-state index is 15.1. The SMILES string of the molecule is C=CC1[I-]C1(NC(=O)[C@@H]1C[C@@H]2CN1C(=O)[C@H](C1CCCCC1)NC(=O)O[C@@H]1C[C@H]1CCCCCc1c(nc3ccccc3c1OC1CCN(CC)CC1)O2)C(=O)NS(=O)(=O)C1(C)CC1. The molecule has 3 N–H and O–H groups in total. The zero-order chi connectivity index (χ0) is 44.8. The van der Waals surface area contributed by atoms with Gasteiger partial charge in [0.2, 0.25) is 0 Å². The van der Waals surface area contributed by atoms with Crippen molar-refractivity contribution in [2.45, 2.75) is 159 Å². The maximum absolute atomic E-state index is 15.1. The number of sulfonamides is 1. The molecule has 0 spiro atoms. The number of carbonyl (C=O) groups is 4. The van der Waals surface area contributed by atoms with Gasteiger partial charge in [-0.25, -0.2) is 0 Å². The first-order valence-corrected chi connectivity index (χ1v) is 27.5. The van der Waals surface area contributed by atoms with Gasteiger partial charge >= 0.3 is 326 Å². The molecule has 3 saturated carbocycles. The Labute approximate surface area is 387 Å². The van der Waals surface area contributed by atoms with Crippen molar-refractivity contribution in [3.05, 3.63) is 42.5 Å². The van der Waals surface area contributed by atoms with E-state index >= 15 is 4.79 Å². The molecule has 15 nitrogen and oxygen atoms in total. The average molecular weight is 1020 g/mol. The number of halogens is 1. The number of aromatic nitrogens is 1. The predicted octanol–water partition coefficient (Wildman–Crippen LogP) is 2.09. The van der Waals surface area contributed by atoms with Gasteiger partial charge in [0.25, 0.3) is 0 Å². The second kappa shape index (κ2) is 18.5. The minimum atomic E-state index is -3.99. The number of alkyl carbamates (subject to hydrolysis) is 1. The number of benzene rings is 1. The number of fused-ring (bicyclic) bond motifs is 5. The van der Waals surface area contributed by atoms with Crippen molar-refractivity contribution in [1.29, 1.82) is 0 Å². The molecular weight excluding hydrogens is 952 g/mol. The van der Waals surface area contributed by atoms with Crippen molar-refractivity contribution in [3.63, 3.8) is 0 Å². The molecule has 17 heteroatoms. The zero-order valence-corrected chi connectivity index (χ0v) is 40.1. The molecule has 350 valence electrons. The topological polar surface area (TPSA) is 186 Å². The molecule has 1 aromatic carbocycles. The van der Waals surface area contributed by atoms with E-state index in [1.165, 1.54) is 4.90 Å². The van der Waals surface area contributed by atoms with Crippen LogP contribution < -0.4 is 46.0 Å². The van der Waals surface area contributed by atoms with E-state index in [1.54, 1.807) is 13.0 Å². The number of amides is 4. The molecule has 64 heavy (non-hydrogen) atoms. The monoisotopic (exact) mass is 1020 g/mol. The Hall–Kier alpha value is -3.71. The fraction of sp³-hybridized carbons (Fsp3) is 0.681. The Morgan fingerprint density at radius 2 is 1.72 bits per heavy atom. The number of nitrogens with one attached hydrogen (secondary N) is 3. The number of rotatable bonds is 10. The molecule has 0 radical (unpaired) electrons. The summed E-state index contributed by atoms with van der Waals surface area (Å²) in [6, 6.07) is 5.90. The molecule has 1 aromatic heterocycles. The van der Waals surface area contributed by atoms with E-state index in [0.717, 1.165) is 119 Å². The molecule has 4 aliphatic heterocycles. The zero-order valence-electron chi connectivity index (χ0n) is 37.2. The molecule has 2 unspecified atom stereocenters. The van der Waals surface area contributed by atoms with E-state index in [-0.39, 0.29) is 37.0 Å². The number of nitrogens with zero attached hydrogens (tertiary/aromatic N) is 3. The third-order valence-electron chi connectivity index (χ3n) is 14.9. The van der Waals surface area contributed by atoms with Crippen LogP contribution in [0.25, 0.3) is 10.9 Å². The molecule has 5 heterocycles. The molecule has 4 amide bonds. The Balaban J connectivity index is 1.06. The summed E-state index contributed by atoms with van der Waals surface area (Å²) in [5.74, 6) is -0.467. The summed E-state index contributed by atoms with van der Waals surface area (Å²) in [5, 5.41) is 6.86. The Morgan fingerprint density at radius 3 is 2.42 bits per heavy atom. The van der Waals surface area contributed by atoms with Gasteiger partial charge in [-0.05, 0) is 25.8 Å². The second-order valence-electron chi connectivity index (χ2n) is 19.4. The number of piperidine rings is 1. The van der Waals surface area contributed by atoms with E-state index in [2.05, 4.69) is 33.8 Å². The van der Waals surface area contributed by atoms with Gasteiger partial charge in [-0.2, -0.15) is 0 Å². The van der Waals surface area contributed by atoms with Gasteiger partial charge < -0.3 is 4.90 Å². The first-order valence-electron chi connectivity index (χ1n) is 23.7. The van der Waals surface area contributed by atoms with E-state index in [0.29, 0.717) is 25.1 Å². The van der Waals surface area contributed by atoms with Crippen LogP contribution in [-0.4, -0.2) is 116 Å². The normalized spacial score (nSPS) is 31.6. The van der Waals surface area contributed by atoms with Gasteiger partial charge in [0.1, 0.15) is 0 Å². The number of pyridine rings is 1. The molecule has 3 saturated heterocycles. The summed E-state index contributed by atoms with van der Waals surface area (Å²) in [7, 11) is -3.99. The molecule has 2 aromatic rings. The van der Waals surface area contributed by atoms with Crippen LogP contribution in [0.4, 0.5) is 4.79 Å². The second-order valence-corrected chi connectivity index (χ2v) is 25.2. The van der Waals surface area contributed by atoms with Gasteiger partial charge in [-0.1, -0.05) is 19.4 Å². The molecule has 2 bridgehead atoms. The van der Waals surface area contributed by atoms with Gasteiger partial charge in [-0.3, -0.25) is 0 Å². The van der Waals surface area contributed by atoms with Crippen LogP contribution in [0.1, 0.15) is 116 Å². The van der Waals surface area contributed by atoms with Crippen LogP contribution in [0.3, 0.4) is 0 Å². The van der Waals surface area contributed by atoms with Gasteiger partial charge in [0, 0.05) is 13.1 Å². The van der Waals surface area contributed by atoms with E-state index < -0.39 is 85.4 Å². The summed E-state index contributed by atoms with van der Waals surface area (Å²) in [5.41, 5.74) is 1.60. The van der Waals surface area contributed by atoms with Crippen LogP contribution in [-0.2, 0) is 35.6 Å². The standard InChI is InChI=1S/C47H64IN6O9S/c1-4-38-47(48-38,44(57)52-64(59,60)46(3)22-23-46)51-41(55)36-27-32-28-54(36)43(56)39(29-14-8-6-9-15-29)50-45(58)63-37-26-30(37)16-10-7-11-18-34-40(61-31-20-24-53(5-2)25-21-31)33-17-12-13-19-35(33)49-42(34)62-32/h4,12-13,17,19,29-32,36-39H,1,5-11,14-16,18,20-28H2,2-3H3,(H,50,58)(H,51,55)(H,52,57)/q-1/t30-,32-,36+,37-,38?,39+,47?/m1/s1. The molecule has 7 aliphatic rings. The summed E-state index contributed by atoms with van der Waals surface area (Å²) in [4.78, 5) is 66.5. The van der Waals surface area contributed by atoms with Gasteiger partial charge in [0.05, 0.1) is 0 Å². The average Bonchev–Trinajstić information content (AvgIpc) is 4.25. The number of alkyl halides is 2. The van der Waals surface area contributed by atoms with Gasteiger partial charge in [0.15, 0.2) is 0 Å². The van der Waals surface area contributed by atoms with Crippen molar-refractivity contribution in [3.8, 4) is 11.6 Å². The number of carbonyl (C=O) groups excluding carboxylic acids is 4. The van der Waals surface area contributed by atoms with Crippen LogP contribution in [0.2, 0.25) is 0 Å².